The number of fused-ring (bicyclic) bond motifs is 1. The lowest BCUT2D eigenvalue weighted by Crippen LogP contribution is -2.16. The summed E-state index contributed by atoms with van der Waals surface area (Å²) in [6.07, 6.45) is 0.568. The third-order valence-corrected chi connectivity index (χ3v) is 5.20. The van der Waals surface area contributed by atoms with Gasteiger partial charge in [0.2, 0.25) is 11.7 Å². The van der Waals surface area contributed by atoms with Crippen LogP contribution in [-0.4, -0.2) is 42.5 Å². The number of hydrogen-bond donors (Lipinski definition) is 1. The van der Waals surface area contributed by atoms with Crippen LogP contribution in [0.1, 0.15) is 52.0 Å². The quantitative estimate of drug-likeness (QED) is 0.478. The van der Waals surface area contributed by atoms with E-state index in [2.05, 4.69) is 19.6 Å². The van der Waals surface area contributed by atoms with Crippen molar-refractivity contribution in [1.29, 1.82) is 0 Å². The summed E-state index contributed by atoms with van der Waals surface area (Å²) in [7, 11) is 0. The fourth-order valence-corrected chi connectivity index (χ4v) is 3.68. The maximum atomic E-state index is 12.5. The van der Waals surface area contributed by atoms with Gasteiger partial charge in [0.25, 0.3) is 5.78 Å². The van der Waals surface area contributed by atoms with Crippen LogP contribution in [0.15, 0.2) is 6.07 Å². The number of nitrogens with zero attached hydrogens (tertiary/aromatic N) is 5. The predicted octanol–water partition coefficient (Wildman–Crippen LogP) is 2.12. The summed E-state index contributed by atoms with van der Waals surface area (Å²) >= 11 is 0. The third kappa shape index (κ3) is 3.98. The SMILES string of the molecule is CCn1c(C)cc(C(=O)COC(=O)CCc2c(C)nc3nc(N)nn3c2C)c1C. The van der Waals surface area contributed by atoms with Gasteiger partial charge in [-0.3, -0.25) is 9.59 Å². The Bertz CT molecular complexity index is 1100. The largest absolute Gasteiger partial charge is 0.457 e. The fraction of sp³-hybridized carbons (Fsp3) is 0.450. The molecule has 0 bridgehead atoms. The molecule has 0 saturated carbocycles. The van der Waals surface area contributed by atoms with E-state index in [1.165, 1.54) is 0 Å². The molecule has 0 amide bonds. The van der Waals surface area contributed by atoms with Crippen molar-refractivity contribution >= 4 is 23.5 Å². The van der Waals surface area contributed by atoms with Crippen LogP contribution in [0.2, 0.25) is 0 Å². The van der Waals surface area contributed by atoms with Gasteiger partial charge in [0, 0.05) is 41.3 Å². The number of carbonyl (C=O) groups is 2. The van der Waals surface area contributed by atoms with Gasteiger partial charge >= 0.3 is 5.97 Å². The van der Waals surface area contributed by atoms with Gasteiger partial charge in [0.15, 0.2) is 6.61 Å². The Morgan fingerprint density at radius 2 is 1.86 bits per heavy atom. The van der Waals surface area contributed by atoms with E-state index in [0.29, 0.717) is 17.8 Å². The highest BCUT2D eigenvalue weighted by Gasteiger charge is 2.18. The van der Waals surface area contributed by atoms with Crippen molar-refractivity contribution in [3.05, 3.63) is 40.0 Å². The molecule has 9 heteroatoms. The lowest BCUT2D eigenvalue weighted by atomic mass is 10.1. The molecule has 9 nitrogen and oxygen atoms in total. The molecule has 0 spiro atoms. The first kappa shape index (κ1) is 20.5. The highest BCUT2D eigenvalue weighted by molar-refractivity contribution is 5.99. The summed E-state index contributed by atoms with van der Waals surface area (Å²) in [5, 5.41) is 4.12. The number of aromatic nitrogens is 5. The molecule has 0 aromatic carbocycles. The highest BCUT2D eigenvalue weighted by Crippen LogP contribution is 2.17. The molecule has 0 unspecified atom stereocenters. The summed E-state index contributed by atoms with van der Waals surface area (Å²) in [4.78, 5) is 33.1. The number of ether oxygens (including phenoxy) is 1. The topological polar surface area (TPSA) is 117 Å². The molecular formula is C20H26N6O3. The first-order valence-electron chi connectivity index (χ1n) is 9.56. The molecule has 154 valence electrons. The van der Waals surface area contributed by atoms with Crippen LogP contribution in [-0.2, 0) is 22.5 Å². The molecule has 0 aliphatic rings. The average molecular weight is 398 g/mol. The minimum atomic E-state index is -0.431. The summed E-state index contributed by atoms with van der Waals surface area (Å²) in [6.45, 7) is 10.1. The second-order valence-electron chi connectivity index (χ2n) is 7.06. The Morgan fingerprint density at radius 3 is 2.52 bits per heavy atom. The zero-order valence-electron chi connectivity index (χ0n) is 17.4. The highest BCUT2D eigenvalue weighted by atomic mass is 16.5. The van der Waals surface area contributed by atoms with Gasteiger partial charge in [-0.2, -0.15) is 9.50 Å². The number of aryl methyl sites for hydroxylation is 3. The zero-order valence-corrected chi connectivity index (χ0v) is 17.4. The zero-order chi connectivity index (χ0) is 21.3. The Kier molecular flexibility index (Phi) is 5.67. The first-order chi connectivity index (χ1) is 13.7. The molecule has 0 saturated heterocycles. The van der Waals surface area contributed by atoms with Crippen molar-refractivity contribution in [3.63, 3.8) is 0 Å². The Labute approximate surface area is 168 Å². The Balaban J connectivity index is 1.62. The number of Topliss-reactive ketones (excluding diaryl/α,β-unsaturated/α-hetero) is 1. The third-order valence-electron chi connectivity index (χ3n) is 5.20. The van der Waals surface area contributed by atoms with Crippen LogP contribution in [0.5, 0.6) is 0 Å². The average Bonchev–Trinajstić information content (AvgIpc) is 3.18. The van der Waals surface area contributed by atoms with Gasteiger partial charge in [-0.15, -0.1) is 5.10 Å². The first-order valence-corrected chi connectivity index (χ1v) is 9.56. The maximum absolute atomic E-state index is 12.5. The fourth-order valence-electron chi connectivity index (χ4n) is 3.68. The van der Waals surface area contributed by atoms with Gasteiger partial charge in [0.05, 0.1) is 0 Å². The minimum absolute atomic E-state index is 0.139. The number of hydrogen-bond acceptors (Lipinski definition) is 7. The van der Waals surface area contributed by atoms with Crippen LogP contribution in [0.3, 0.4) is 0 Å². The number of ketones is 1. The maximum Gasteiger partial charge on any atom is 0.306 e. The van der Waals surface area contributed by atoms with Gasteiger partial charge in [-0.25, -0.2) is 4.98 Å². The molecule has 0 aliphatic carbocycles. The Morgan fingerprint density at radius 1 is 1.14 bits per heavy atom. The van der Waals surface area contributed by atoms with Crippen LogP contribution >= 0.6 is 0 Å². The van der Waals surface area contributed by atoms with Crippen LogP contribution in [0.25, 0.3) is 5.78 Å². The number of nitrogen functional groups attached to an aromatic ring is 1. The molecule has 2 N–H and O–H groups in total. The van der Waals surface area contributed by atoms with Gasteiger partial charge in [-0.1, -0.05) is 0 Å². The molecule has 3 aromatic rings. The molecule has 0 aliphatic heterocycles. The van der Waals surface area contributed by atoms with E-state index >= 15 is 0 Å². The van der Waals surface area contributed by atoms with Gasteiger partial charge in [-0.05, 0) is 52.7 Å². The molecule has 0 radical (unpaired) electrons. The number of rotatable bonds is 7. The van der Waals surface area contributed by atoms with Crippen LogP contribution in [0.4, 0.5) is 5.95 Å². The second kappa shape index (κ2) is 8.02. The molecule has 29 heavy (non-hydrogen) atoms. The van der Waals surface area contributed by atoms with E-state index in [-0.39, 0.29) is 24.8 Å². The van der Waals surface area contributed by atoms with Gasteiger partial charge in [0.1, 0.15) is 0 Å². The monoisotopic (exact) mass is 398 g/mol. The van der Waals surface area contributed by atoms with Crippen molar-refractivity contribution in [1.82, 2.24) is 24.1 Å². The van der Waals surface area contributed by atoms with E-state index in [9.17, 15) is 9.59 Å². The van der Waals surface area contributed by atoms with Gasteiger partial charge < -0.3 is 15.0 Å². The number of nitrogens with two attached hydrogens (primary N) is 1. The molecular weight excluding hydrogens is 372 g/mol. The van der Waals surface area contributed by atoms with Crippen molar-refractivity contribution in [2.24, 2.45) is 0 Å². The molecule has 3 heterocycles. The smallest absolute Gasteiger partial charge is 0.306 e. The van der Waals surface area contributed by atoms with Crippen LogP contribution in [0, 0.1) is 27.7 Å². The van der Waals surface area contributed by atoms with Crippen molar-refractivity contribution in [2.75, 3.05) is 12.3 Å². The molecule has 3 rings (SSSR count). The summed E-state index contributed by atoms with van der Waals surface area (Å²) in [5.74, 6) is -0.0454. The second-order valence-corrected chi connectivity index (χ2v) is 7.06. The van der Waals surface area contributed by atoms with Crippen molar-refractivity contribution in [2.45, 2.75) is 54.0 Å². The van der Waals surface area contributed by atoms with Crippen molar-refractivity contribution < 1.29 is 14.3 Å². The summed E-state index contributed by atoms with van der Waals surface area (Å²) in [5.41, 5.74) is 10.6. The minimum Gasteiger partial charge on any atom is -0.457 e. The number of esters is 1. The van der Waals surface area contributed by atoms with E-state index in [4.69, 9.17) is 10.5 Å². The lowest BCUT2D eigenvalue weighted by molar-refractivity contribution is -0.142. The molecule has 3 aromatic heterocycles. The lowest BCUT2D eigenvalue weighted by Gasteiger charge is -2.10. The van der Waals surface area contributed by atoms with E-state index in [1.54, 1.807) is 4.52 Å². The summed E-state index contributed by atoms with van der Waals surface area (Å²) < 4.78 is 8.84. The van der Waals surface area contributed by atoms with Crippen molar-refractivity contribution in [3.8, 4) is 0 Å². The van der Waals surface area contributed by atoms with Crippen LogP contribution < -0.4 is 5.73 Å². The molecule has 0 atom stereocenters. The van der Waals surface area contributed by atoms with E-state index < -0.39 is 5.97 Å². The number of carbonyl (C=O) groups excluding carboxylic acids is 2. The van der Waals surface area contributed by atoms with E-state index in [1.807, 2.05) is 40.7 Å². The normalized spacial score (nSPS) is 11.2. The number of anilines is 1. The Hall–Kier alpha value is -3.23. The molecule has 0 fully saturated rings. The standard InChI is InChI=1S/C20H26N6O3/c1-6-25-11(2)9-16(13(25)4)17(27)10-29-18(28)8-7-15-12(3)22-20-23-19(21)24-26(20)14(15)5/h9H,6-8,10H2,1-5H3,(H2,21,24). The van der Waals surface area contributed by atoms with E-state index in [0.717, 1.165) is 34.9 Å². The predicted molar refractivity (Wildman–Crippen MR) is 108 cm³/mol. The summed E-state index contributed by atoms with van der Waals surface area (Å²) in [6, 6.07) is 1.84.